The van der Waals surface area contributed by atoms with Gasteiger partial charge < -0.3 is 15.2 Å². The molecule has 0 saturated heterocycles. The molecule has 1 heterocycles. The largest absolute Gasteiger partial charge is 0.361 e. The van der Waals surface area contributed by atoms with Crippen LogP contribution in [0.25, 0.3) is 0 Å². The predicted octanol–water partition coefficient (Wildman–Crippen LogP) is 3.08. The van der Waals surface area contributed by atoms with E-state index in [1.807, 2.05) is 33.8 Å². The van der Waals surface area contributed by atoms with E-state index in [1.54, 1.807) is 6.07 Å². The summed E-state index contributed by atoms with van der Waals surface area (Å²) in [6.07, 6.45) is 1.62. The molecule has 0 aliphatic heterocycles. The van der Waals surface area contributed by atoms with E-state index in [1.165, 1.54) is 6.07 Å². The van der Waals surface area contributed by atoms with Crippen molar-refractivity contribution in [3.8, 4) is 0 Å². The quantitative estimate of drug-likeness (QED) is 0.597. The Morgan fingerprint density at radius 3 is 2.64 bits per heavy atom. The van der Waals surface area contributed by atoms with E-state index in [0.29, 0.717) is 6.54 Å². The summed E-state index contributed by atoms with van der Waals surface area (Å²) in [7, 11) is 0. The van der Waals surface area contributed by atoms with E-state index < -0.39 is 0 Å². The predicted molar refractivity (Wildman–Crippen MR) is 98.5 cm³/mol. The number of rotatable bonds is 7. The molecule has 0 fully saturated rings. The van der Waals surface area contributed by atoms with Gasteiger partial charge in [-0.15, -0.1) is 0 Å². The summed E-state index contributed by atoms with van der Waals surface area (Å²) in [5, 5.41) is 10.5. The van der Waals surface area contributed by atoms with Crippen LogP contribution in [0.1, 0.15) is 35.1 Å². The van der Waals surface area contributed by atoms with Gasteiger partial charge in [-0.2, -0.15) is 0 Å². The molecule has 0 atom stereocenters. The number of benzene rings is 1. The van der Waals surface area contributed by atoms with Crippen molar-refractivity contribution in [1.29, 1.82) is 0 Å². The molecule has 0 aliphatic carbocycles. The molecule has 6 heteroatoms. The van der Waals surface area contributed by atoms with Gasteiger partial charge in [-0.25, -0.2) is 4.39 Å². The molecule has 0 spiro atoms. The van der Waals surface area contributed by atoms with Gasteiger partial charge in [0.2, 0.25) is 0 Å². The standard InChI is InChI=1S/C19H27FN4O/c1-5-21-19(23-11-9-18-14(3)24-25-15(18)4)22-10-8-16-6-7-17(20)12-13(16)2/h6-7,12H,5,8-11H2,1-4H3,(H2,21,22,23). The minimum atomic E-state index is -0.191. The summed E-state index contributed by atoms with van der Waals surface area (Å²) in [6.45, 7) is 10.0. The Bertz CT molecular complexity index is 705. The van der Waals surface area contributed by atoms with E-state index >= 15 is 0 Å². The Morgan fingerprint density at radius 1 is 1.20 bits per heavy atom. The highest BCUT2D eigenvalue weighted by Crippen LogP contribution is 2.12. The van der Waals surface area contributed by atoms with Crippen molar-refractivity contribution < 1.29 is 8.91 Å². The maximum atomic E-state index is 13.2. The van der Waals surface area contributed by atoms with Crippen molar-refractivity contribution in [2.24, 2.45) is 4.99 Å². The fourth-order valence-corrected chi connectivity index (χ4v) is 2.74. The summed E-state index contributed by atoms with van der Waals surface area (Å²) < 4.78 is 18.3. The number of aromatic nitrogens is 1. The van der Waals surface area contributed by atoms with Crippen molar-refractivity contribution in [1.82, 2.24) is 15.8 Å². The first-order chi connectivity index (χ1) is 12.0. The summed E-state index contributed by atoms with van der Waals surface area (Å²) in [4.78, 5) is 4.60. The first-order valence-electron chi connectivity index (χ1n) is 8.70. The number of aryl methyl sites for hydroxylation is 3. The van der Waals surface area contributed by atoms with Gasteiger partial charge in [0.1, 0.15) is 11.6 Å². The number of hydrogen-bond donors (Lipinski definition) is 2. The summed E-state index contributed by atoms with van der Waals surface area (Å²) >= 11 is 0. The fourth-order valence-electron chi connectivity index (χ4n) is 2.74. The summed E-state index contributed by atoms with van der Waals surface area (Å²) in [5.41, 5.74) is 4.17. The summed E-state index contributed by atoms with van der Waals surface area (Å²) in [5.74, 6) is 1.45. The van der Waals surface area contributed by atoms with Gasteiger partial charge in [-0.3, -0.25) is 4.99 Å². The maximum Gasteiger partial charge on any atom is 0.191 e. The highest BCUT2D eigenvalue weighted by molar-refractivity contribution is 5.79. The van der Waals surface area contributed by atoms with Crippen LogP contribution in [0.3, 0.4) is 0 Å². The molecule has 0 amide bonds. The molecule has 2 N–H and O–H groups in total. The van der Waals surface area contributed by atoms with E-state index in [9.17, 15) is 4.39 Å². The molecular formula is C19H27FN4O. The first kappa shape index (κ1) is 19.0. The molecule has 2 aromatic rings. The van der Waals surface area contributed by atoms with E-state index in [4.69, 9.17) is 4.52 Å². The Labute approximate surface area is 148 Å². The van der Waals surface area contributed by atoms with Crippen LogP contribution in [0.4, 0.5) is 4.39 Å². The number of halogens is 1. The van der Waals surface area contributed by atoms with Crippen LogP contribution in [0.5, 0.6) is 0 Å². The van der Waals surface area contributed by atoms with Gasteiger partial charge in [0.25, 0.3) is 0 Å². The molecule has 25 heavy (non-hydrogen) atoms. The molecule has 0 bridgehead atoms. The lowest BCUT2D eigenvalue weighted by molar-refractivity contribution is 0.392. The van der Waals surface area contributed by atoms with Crippen LogP contribution in [-0.4, -0.2) is 30.8 Å². The van der Waals surface area contributed by atoms with Crippen LogP contribution in [0.15, 0.2) is 27.7 Å². The molecule has 0 radical (unpaired) electrons. The number of nitrogens with one attached hydrogen (secondary N) is 2. The third-order valence-corrected chi connectivity index (χ3v) is 4.15. The van der Waals surface area contributed by atoms with Gasteiger partial charge in [0, 0.05) is 25.2 Å². The molecule has 1 aromatic carbocycles. The van der Waals surface area contributed by atoms with Crippen LogP contribution in [0.2, 0.25) is 0 Å². The van der Waals surface area contributed by atoms with Gasteiger partial charge in [-0.1, -0.05) is 11.2 Å². The SMILES string of the molecule is CCNC(=NCCc1c(C)noc1C)NCCc1ccc(F)cc1C. The zero-order valence-electron chi connectivity index (χ0n) is 15.4. The Kier molecular flexibility index (Phi) is 6.98. The highest BCUT2D eigenvalue weighted by atomic mass is 19.1. The average Bonchev–Trinajstić information content (AvgIpc) is 2.88. The second-order valence-electron chi connectivity index (χ2n) is 6.06. The second-order valence-corrected chi connectivity index (χ2v) is 6.06. The summed E-state index contributed by atoms with van der Waals surface area (Å²) in [6, 6.07) is 4.91. The van der Waals surface area contributed by atoms with Gasteiger partial charge in [0.05, 0.1) is 5.69 Å². The molecule has 1 aromatic heterocycles. The second kappa shape index (κ2) is 9.20. The van der Waals surface area contributed by atoms with Crippen molar-refractivity contribution in [3.05, 3.63) is 52.2 Å². The third-order valence-electron chi connectivity index (χ3n) is 4.15. The van der Waals surface area contributed by atoms with Crippen molar-refractivity contribution in [2.75, 3.05) is 19.6 Å². The van der Waals surface area contributed by atoms with E-state index in [0.717, 1.165) is 60.0 Å². The normalized spacial score (nSPS) is 11.6. The highest BCUT2D eigenvalue weighted by Gasteiger charge is 2.08. The lowest BCUT2D eigenvalue weighted by atomic mass is 10.1. The monoisotopic (exact) mass is 346 g/mol. The number of hydrogen-bond acceptors (Lipinski definition) is 3. The molecule has 0 unspecified atom stereocenters. The van der Waals surface area contributed by atoms with Crippen LogP contribution < -0.4 is 10.6 Å². The van der Waals surface area contributed by atoms with Crippen molar-refractivity contribution >= 4 is 5.96 Å². The lowest BCUT2D eigenvalue weighted by Crippen LogP contribution is -2.38. The molecular weight excluding hydrogens is 319 g/mol. The zero-order valence-corrected chi connectivity index (χ0v) is 15.4. The van der Waals surface area contributed by atoms with E-state index in [2.05, 4.69) is 20.8 Å². The van der Waals surface area contributed by atoms with Gasteiger partial charge in [0.15, 0.2) is 5.96 Å². The maximum absolute atomic E-state index is 13.2. The Hall–Kier alpha value is -2.37. The zero-order chi connectivity index (χ0) is 18.2. The van der Waals surface area contributed by atoms with E-state index in [-0.39, 0.29) is 5.82 Å². The van der Waals surface area contributed by atoms with Crippen molar-refractivity contribution in [3.63, 3.8) is 0 Å². The minimum absolute atomic E-state index is 0.191. The third kappa shape index (κ3) is 5.59. The van der Waals surface area contributed by atoms with Gasteiger partial charge >= 0.3 is 0 Å². The molecule has 5 nitrogen and oxygen atoms in total. The molecule has 0 saturated carbocycles. The first-order valence-corrected chi connectivity index (χ1v) is 8.70. The Balaban J connectivity index is 1.87. The smallest absolute Gasteiger partial charge is 0.191 e. The lowest BCUT2D eigenvalue weighted by Gasteiger charge is -2.12. The van der Waals surface area contributed by atoms with Gasteiger partial charge in [-0.05, 0) is 63.8 Å². The fraction of sp³-hybridized carbons (Fsp3) is 0.474. The molecule has 0 aliphatic rings. The number of guanidine groups is 1. The topological polar surface area (TPSA) is 62.5 Å². The Morgan fingerprint density at radius 2 is 2.00 bits per heavy atom. The average molecular weight is 346 g/mol. The number of aliphatic imine (C=N–C) groups is 1. The molecule has 2 rings (SSSR count). The number of nitrogens with zero attached hydrogens (tertiary/aromatic N) is 2. The van der Waals surface area contributed by atoms with Crippen LogP contribution in [0, 0.1) is 26.6 Å². The minimum Gasteiger partial charge on any atom is -0.361 e. The van der Waals surface area contributed by atoms with Crippen molar-refractivity contribution in [2.45, 2.75) is 40.5 Å². The van der Waals surface area contributed by atoms with Crippen LogP contribution in [-0.2, 0) is 12.8 Å². The van der Waals surface area contributed by atoms with Crippen LogP contribution >= 0.6 is 0 Å². The molecule has 136 valence electrons.